The van der Waals surface area contributed by atoms with E-state index in [9.17, 15) is 8.78 Å². The average Bonchev–Trinajstić information content (AvgIpc) is 3.01. The molecule has 0 aromatic heterocycles. The molecule has 1 aromatic rings. The van der Waals surface area contributed by atoms with E-state index in [1.54, 1.807) is 18.2 Å². The van der Waals surface area contributed by atoms with Crippen LogP contribution in [0, 0.1) is 11.7 Å². The predicted molar refractivity (Wildman–Crippen MR) is 78.8 cm³/mol. The summed E-state index contributed by atoms with van der Waals surface area (Å²) < 4.78 is 49.8. The van der Waals surface area contributed by atoms with Gasteiger partial charge in [-0.15, -0.1) is 0 Å². The van der Waals surface area contributed by atoms with Gasteiger partial charge in [-0.25, -0.2) is 8.78 Å². The van der Waals surface area contributed by atoms with Crippen LogP contribution in [-0.4, -0.2) is 37.1 Å². The van der Waals surface area contributed by atoms with E-state index < -0.39 is 31.0 Å². The van der Waals surface area contributed by atoms with Crippen LogP contribution in [0.3, 0.4) is 0 Å². The Bertz CT molecular complexity index is 553. The molecule has 0 spiro atoms. The number of hydrogen-bond acceptors (Lipinski definition) is 4. The molecule has 5 atom stereocenters. The molecule has 6 heteroatoms. The molecule has 4 nitrogen and oxygen atoms in total. The Balaban J connectivity index is 1.73. The van der Waals surface area contributed by atoms with Crippen molar-refractivity contribution in [1.29, 1.82) is 0 Å². The first-order valence-electron chi connectivity index (χ1n) is 7.85. The molecule has 3 rings (SSSR count). The number of hydrogen-bond donors (Lipinski definition) is 0. The summed E-state index contributed by atoms with van der Waals surface area (Å²) >= 11 is 0. The second kappa shape index (κ2) is 6.43. The van der Waals surface area contributed by atoms with Crippen molar-refractivity contribution < 1.29 is 27.7 Å². The lowest BCUT2D eigenvalue weighted by Crippen LogP contribution is -2.40. The van der Waals surface area contributed by atoms with Crippen molar-refractivity contribution >= 4 is 0 Å². The summed E-state index contributed by atoms with van der Waals surface area (Å²) in [4.78, 5) is 0. The van der Waals surface area contributed by atoms with Crippen LogP contribution >= 0.6 is 0 Å². The van der Waals surface area contributed by atoms with Gasteiger partial charge in [-0.2, -0.15) is 0 Å². The first-order valence-corrected chi connectivity index (χ1v) is 7.85. The molecule has 0 amide bonds. The number of rotatable bonds is 5. The zero-order chi connectivity index (χ0) is 16.6. The fraction of sp³-hybridized carbons (Fsp3) is 0.647. The van der Waals surface area contributed by atoms with Crippen LogP contribution in [0.2, 0.25) is 0 Å². The monoisotopic (exact) mass is 328 g/mol. The minimum atomic E-state index is -1.31. The van der Waals surface area contributed by atoms with E-state index in [0.717, 1.165) is 0 Å². The first kappa shape index (κ1) is 16.8. The molecule has 2 saturated heterocycles. The third-order valence-corrected chi connectivity index (χ3v) is 4.25. The number of benzene rings is 1. The molecule has 1 aromatic carbocycles. The topological polar surface area (TPSA) is 36.9 Å². The van der Waals surface area contributed by atoms with Crippen molar-refractivity contribution in [3.05, 3.63) is 35.6 Å². The average molecular weight is 328 g/mol. The van der Waals surface area contributed by atoms with E-state index in [-0.39, 0.29) is 24.4 Å². The summed E-state index contributed by atoms with van der Waals surface area (Å²) in [7, 11) is 0. The van der Waals surface area contributed by atoms with Gasteiger partial charge in [0.05, 0.1) is 12.7 Å². The van der Waals surface area contributed by atoms with Gasteiger partial charge in [-0.05, 0) is 18.9 Å². The predicted octanol–water partition coefficient (Wildman–Crippen LogP) is 3.19. The van der Waals surface area contributed by atoms with Gasteiger partial charge in [0.2, 0.25) is 0 Å². The van der Waals surface area contributed by atoms with Crippen LogP contribution in [0.15, 0.2) is 24.3 Å². The van der Waals surface area contributed by atoms with Gasteiger partial charge in [0, 0.05) is 5.56 Å². The Morgan fingerprint density at radius 3 is 2.65 bits per heavy atom. The van der Waals surface area contributed by atoms with E-state index in [1.807, 2.05) is 13.8 Å². The molecule has 23 heavy (non-hydrogen) atoms. The van der Waals surface area contributed by atoms with Crippen LogP contribution < -0.4 is 0 Å². The molecule has 2 aliphatic heterocycles. The standard InChI is InChI=1S/C17H22F2O4/c1-10(2)13-14(20-8-11-6-4-5-7-12(11)19)15-16(21-13)23-17(3,9-18)22-15/h4-7,10,13-16H,8-9H2,1-3H3/t13-,14+,15-,16-,17?/m1/s1. The third kappa shape index (κ3) is 3.26. The lowest BCUT2D eigenvalue weighted by molar-refractivity contribution is -0.237. The minimum Gasteiger partial charge on any atom is -0.368 e. The highest BCUT2D eigenvalue weighted by molar-refractivity contribution is 5.16. The summed E-state index contributed by atoms with van der Waals surface area (Å²) in [5.74, 6) is -1.46. The molecule has 2 heterocycles. The van der Waals surface area contributed by atoms with Crippen molar-refractivity contribution in [1.82, 2.24) is 0 Å². The van der Waals surface area contributed by atoms with Crippen LogP contribution in [-0.2, 0) is 25.6 Å². The van der Waals surface area contributed by atoms with Gasteiger partial charge >= 0.3 is 0 Å². The lowest BCUT2D eigenvalue weighted by Gasteiger charge is -2.28. The van der Waals surface area contributed by atoms with Crippen molar-refractivity contribution in [2.75, 3.05) is 6.67 Å². The van der Waals surface area contributed by atoms with Crippen LogP contribution in [0.4, 0.5) is 8.78 Å². The number of alkyl halides is 1. The SMILES string of the molecule is CC(C)[C@H]1O[C@@H]2OC(C)(CF)O[C@@H]2[C@H]1OCc1ccccc1F. The van der Waals surface area contributed by atoms with Gasteiger partial charge in [-0.3, -0.25) is 0 Å². The molecule has 0 bridgehead atoms. The Kier molecular flexibility index (Phi) is 4.69. The summed E-state index contributed by atoms with van der Waals surface area (Å²) in [6.07, 6.45) is -1.86. The molecule has 2 fully saturated rings. The molecule has 0 N–H and O–H groups in total. The fourth-order valence-electron chi connectivity index (χ4n) is 3.02. The zero-order valence-corrected chi connectivity index (χ0v) is 13.5. The molecule has 1 unspecified atom stereocenters. The largest absolute Gasteiger partial charge is 0.368 e. The number of fused-ring (bicyclic) bond motifs is 1. The minimum absolute atomic E-state index is 0.100. The van der Waals surface area contributed by atoms with E-state index in [1.165, 1.54) is 13.0 Å². The Morgan fingerprint density at radius 1 is 1.26 bits per heavy atom. The first-order chi connectivity index (χ1) is 10.9. The van der Waals surface area contributed by atoms with E-state index in [2.05, 4.69) is 0 Å². The maximum absolute atomic E-state index is 13.7. The molecule has 2 aliphatic rings. The van der Waals surface area contributed by atoms with Gasteiger partial charge < -0.3 is 18.9 Å². The zero-order valence-electron chi connectivity index (χ0n) is 13.5. The van der Waals surface area contributed by atoms with Crippen molar-refractivity contribution in [2.45, 2.75) is 57.8 Å². The van der Waals surface area contributed by atoms with Crippen molar-refractivity contribution in [2.24, 2.45) is 5.92 Å². The normalized spacial score (nSPS) is 36.6. The molecule has 0 radical (unpaired) electrons. The lowest BCUT2D eigenvalue weighted by atomic mass is 10.00. The maximum atomic E-state index is 13.7. The smallest absolute Gasteiger partial charge is 0.197 e. The fourth-order valence-corrected chi connectivity index (χ4v) is 3.02. The van der Waals surface area contributed by atoms with Crippen molar-refractivity contribution in [3.63, 3.8) is 0 Å². The van der Waals surface area contributed by atoms with Crippen molar-refractivity contribution in [3.8, 4) is 0 Å². The Hall–Kier alpha value is -1.08. The maximum Gasteiger partial charge on any atom is 0.197 e. The Morgan fingerprint density at radius 2 is 2.00 bits per heavy atom. The van der Waals surface area contributed by atoms with Gasteiger partial charge in [0.1, 0.15) is 24.7 Å². The van der Waals surface area contributed by atoms with E-state index in [4.69, 9.17) is 18.9 Å². The van der Waals surface area contributed by atoms with Gasteiger partial charge in [-0.1, -0.05) is 32.0 Å². The molecule has 0 aliphatic carbocycles. The highest BCUT2D eigenvalue weighted by Crippen LogP contribution is 2.41. The second-order valence-electron chi connectivity index (χ2n) is 6.55. The quantitative estimate of drug-likeness (QED) is 0.832. The molecular formula is C17H22F2O4. The highest BCUT2D eigenvalue weighted by Gasteiger charge is 2.57. The van der Waals surface area contributed by atoms with Crippen LogP contribution in [0.25, 0.3) is 0 Å². The van der Waals surface area contributed by atoms with Gasteiger partial charge in [0.15, 0.2) is 12.1 Å². The summed E-state index contributed by atoms with van der Waals surface area (Å²) in [6.45, 7) is 4.87. The van der Waals surface area contributed by atoms with Crippen LogP contribution in [0.5, 0.6) is 0 Å². The summed E-state index contributed by atoms with van der Waals surface area (Å²) in [6, 6.07) is 6.45. The summed E-state index contributed by atoms with van der Waals surface area (Å²) in [5, 5.41) is 0. The van der Waals surface area contributed by atoms with Crippen LogP contribution in [0.1, 0.15) is 26.3 Å². The highest BCUT2D eigenvalue weighted by atomic mass is 19.1. The van der Waals surface area contributed by atoms with Gasteiger partial charge in [0.25, 0.3) is 0 Å². The van der Waals surface area contributed by atoms with E-state index >= 15 is 0 Å². The number of halogens is 2. The molecule has 0 saturated carbocycles. The second-order valence-corrected chi connectivity index (χ2v) is 6.55. The molecule has 128 valence electrons. The number of ether oxygens (including phenoxy) is 4. The third-order valence-electron chi connectivity index (χ3n) is 4.25. The Labute approximate surface area is 134 Å². The summed E-state index contributed by atoms with van der Waals surface area (Å²) in [5.41, 5.74) is 0.464. The van der Waals surface area contributed by atoms with E-state index in [0.29, 0.717) is 5.56 Å². The molecular weight excluding hydrogens is 306 g/mol.